The monoisotopic (exact) mass is 271 g/mol. The van der Waals surface area contributed by atoms with E-state index in [1.807, 2.05) is 18.2 Å². The summed E-state index contributed by atoms with van der Waals surface area (Å²) in [6.45, 7) is 6.11. The maximum absolute atomic E-state index is 9.43. The lowest BCUT2D eigenvalue weighted by atomic mass is 9.99. The smallest absolute Gasteiger partial charge is 0.219 e. The average molecular weight is 271 g/mol. The molecule has 3 heteroatoms. The van der Waals surface area contributed by atoms with Gasteiger partial charge in [0.1, 0.15) is 5.75 Å². The molecule has 20 heavy (non-hydrogen) atoms. The van der Waals surface area contributed by atoms with Gasteiger partial charge in [-0.3, -0.25) is 0 Å². The third-order valence-corrected chi connectivity index (χ3v) is 3.53. The summed E-state index contributed by atoms with van der Waals surface area (Å²) in [6, 6.07) is 11.7. The number of pyridine rings is 1. The Hall–Kier alpha value is -1.87. The molecular weight excluding hydrogens is 250 g/mol. The van der Waals surface area contributed by atoms with Crippen LogP contribution in [0.4, 0.5) is 0 Å². The van der Waals surface area contributed by atoms with Crippen molar-refractivity contribution >= 4 is 0 Å². The van der Waals surface area contributed by atoms with E-state index in [4.69, 9.17) is 4.74 Å². The van der Waals surface area contributed by atoms with Gasteiger partial charge >= 0.3 is 0 Å². The molecule has 3 nitrogen and oxygen atoms in total. The average Bonchev–Trinajstić information content (AvgIpc) is 2.48. The highest BCUT2D eigenvalue weighted by atomic mass is 16.5. The Kier molecular flexibility index (Phi) is 4.74. The molecule has 2 rings (SSSR count). The zero-order chi connectivity index (χ0) is 14.5. The van der Waals surface area contributed by atoms with Crippen molar-refractivity contribution in [2.75, 3.05) is 0 Å². The number of hydrogen-bond donors (Lipinski definition) is 1. The minimum Gasteiger partial charge on any atom is -0.439 e. The molecule has 0 amide bonds. The van der Waals surface area contributed by atoms with Gasteiger partial charge < -0.3 is 9.84 Å². The highest BCUT2D eigenvalue weighted by molar-refractivity contribution is 5.32. The van der Waals surface area contributed by atoms with Crippen molar-refractivity contribution in [2.24, 2.45) is 0 Å². The van der Waals surface area contributed by atoms with Crippen molar-refractivity contribution in [1.29, 1.82) is 0 Å². The molecule has 0 aliphatic heterocycles. The second-order valence-electron chi connectivity index (χ2n) is 5.09. The zero-order valence-electron chi connectivity index (χ0n) is 12.2. The number of hydrogen-bond acceptors (Lipinski definition) is 3. The number of rotatable bonds is 5. The van der Waals surface area contributed by atoms with Crippen LogP contribution in [0.15, 0.2) is 42.6 Å². The molecule has 1 heterocycles. The summed E-state index contributed by atoms with van der Waals surface area (Å²) >= 11 is 0. The molecule has 1 aromatic carbocycles. The van der Waals surface area contributed by atoms with E-state index in [9.17, 15) is 5.11 Å². The van der Waals surface area contributed by atoms with Gasteiger partial charge in [0.2, 0.25) is 5.88 Å². The van der Waals surface area contributed by atoms with Crippen molar-refractivity contribution in [3.8, 4) is 11.6 Å². The van der Waals surface area contributed by atoms with Crippen molar-refractivity contribution < 1.29 is 9.84 Å². The van der Waals surface area contributed by atoms with E-state index in [-0.39, 0.29) is 0 Å². The summed E-state index contributed by atoms with van der Waals surface area (Å²) in [5.41, 5.74) is 2.10. The first-order valence-corrected chi connectivity index (χ1v) is 7.02. The van der Waals surface area contributed by atoms with Crippen LogP contribution in [0.2, 0.25) is 0 Å². The van der Waals surface area contributed by atoms with Gasteiger partial charge in [-0.15, -0.1) is 0 Å². The summed E-state index contributed by atoms with van der Waals surface area (Å²) in [7, 11) is 0. The summed E-state index contributed by atoms with van der Waals surface area (Å²) in [6.07, 6.45) is 2.25. The van der Waals surface area contributed by atoms with Crippen LogP contribution in [0.25, 0.3) is 0 Å². The Morgan fingerprint density at radius 3 is 2.20 bits per heavy atom. The van der Waals surface area contributed by atoms with Crippen molar-refractivity contribution in [1.82, 2.24) is 4.98 Å². The highest BCUT2D eigenvalue weighted by Gasteiger charge is 2.05. The maximum atomic E-state index is 9.43. The molecule has 1 aromatic heterocycles. The molecule has 106 valence electrons. The van der Waals surface area contributed by atoms with Crippen LogP contribution in [0, 0.1) is 0 Å². The summed E-state index contributed by atoms with van der Waals surface area (Å²) in [4.78, 5) is 4.19. The van der Waals surface area contributed by atoms with Crippen LogP contribution in [-0.4, -0.2) is 10.1 Å². The van der Waals surface area contributed by atoms with E-state index in [1.54, 1.807) is 19.2 Å². The fourth-order valence-corrected chi connectivity index (χ4v) is 1.92. The number of nitrogens with zero attached hydrogens (tertiary/aromatic N) is 1. The minimum atomic E-state index is -0.508. The molecule has 0 aliphatic rings. The third kappa shape index (κ3) is 3.58. The van der Waals surface area contributed by atoms with Gasteiger partial charge in [-0.2, -0.15) is 0 Å². The first-order chi connectivity index (χ1) is 9.60. The molecule has 1 N–H and O–H groups in total. The zero-order valence-corrected chi connectivity index (χ0v) is 12.2. The number of aromatic nitrogens is 1. The maximum Gasteiger partial charge on any atom is 0.219 e. The van der Waals surface area contributed by atoms with Crippen molar-refractivity contribution in [2.45, 2.75) is 39.2 Å². The van der Waals surface area contributed by atoms with Gasteiger partial charge in [0.05, 0.1) is 6.10 Å². The Labute approximate surface area is 120 Å². The molecule has 0 radical (unpaired) electrons. The highest BCUT2D eigenvalue weighted by Crippen LogP contribution is 2.24. The predicted molar refractivity (Wildman–Crippen MR) is 80.1 cm³/mol. The molecule has 0 fully saturated rings. The van der Waals surface area contributed by atoms with Gasteiger partial charge in [-0.25, -0.2) is 4.98 Å². The van der Waals surface area contributed by atoms with E-state index in [0.717, 1.165) is 17.7 Å². The molecular formula is C17H21NO2. The SMILES string of the molecule is CCC(C)c1ccc(Oc2ccc([C@@H](C)O)cn2)cc1. The summed E-state index contributed by atoms with van der Waals surface area (Å²) in [5, 5.41) is 9.43. The molecule has 2 aromatic rings. The van der Waals surface area contributed by atoms with Crippen molar-refractivity contribution in [3.63, 3.8) is 0 Å². The van der Waals surface area contributed by atoms with Crippen LogP contribution in [-0.2, 0) is 0 Å². The van der Waals surface area contributed by atoms with Gasteiger partial charge in [0.15, 0.2) is 0 Å². The molecule has 0 aliphatic carbocycles. The van der Waals surface area contributed by atoms with E-state index in [2.05, 4.69) is 31.0 Å². The largest absolute Gasteiger partial charge is 0.439 e. The van der Waals surface area contributed by atoms with Gasteiger partial charge in [-0.05, 0) is 48.6 Å². The van der Waals surface area contributed by atoms with Gasteiger partial charge in [-0.1, -0.05) is 26.0 Å². The number of aliphatic hydroxyl groups excluding tert-OH is 1. The van der Waals surface area contributed by atoms with Crippen LogP contribution < -0.4 is 4.74 Å². The molecule has 1 unspecified atom stereocenters. The van der Waals surface area contributed by atoms with E-state index >= 15 is 0 Å². The van der Waals surface area contributed by atoms with Crippen LogP contribution >= 0.6 is 0 Å². The second kappa shape index (κ2) is 6.53. The molecule has 2 atom stereocenters. The second-order valence-corrected chi connectivity index (χ2v) is 5.09. The van der Waals surface area contributed by atoms with Gasteiger partial charge in [0, 0.05) is 12.3 Å². The normalized spacial score (nSPS) is 13.8. The summed E-state index contributed by atoms with van der Waals surface area (Å²) < 4.78 is 5.69. The standard InChI is InChI=1S/C17H21NO2/c1-4-12(2)14-5-8-16(9-6-14)20-17-10-7-15(11-18-17)13(3)19/h5-13,19H,4H2,1-3H3/t12?,13-/m1/s1. The third-order valence-electron chi connectivity index (χ3n) is 3.53. The van der Waals surface area contributed by atoms with Crippen LogP contribution in [0.1, 0.15) is 50.3 Å². The Morgan fingerprint density at radius 1 is 1.05 bits per heavy atom. The van der Waals surface area contributed by atoms with E-state index < -0.39 is 6.10 Å². The fourth-order valence-electron chi connectivity index (χ4n) is 1.92. The van der Waals surface area contributed by atoms with E-state index in [1.165, 1.54) is 5.56 Å². The lowest BCUT2D eigenvalue weighted by Gasteiger charge is -2.10. The van der Waals surface area contributed by atoms with Crippen molar-refractivity contribution in [3.05, 3.63) is 53.7 Å². The first kappa shape index (κ1) is 14.5. The Morgan fingerprint density at radius 2 is 1.70 bits per heavy atom. The lowest BCUT2D eigenvalue weighted by molar-refractivity contribution is 0.198. The minimum absolute atomic E-state index is 0.508. The molecule has 0 saturated carbocycles. The topological polar surface area (TPSA) is 42.4 Å². The Balaban J connectivity index is 2.06. The van der Waals surface area contributed by atoms with Crippen LogP contribution in [0.5, 0.6) is 11.6 Å². The number of aliphatic hydroxyl groups is 1. The first-order valence-electron chi connectivity index (χ1n) is 7.02. The molecule has 0 spiro atoms. The Bertz CT molecular complexity index is 532. The van der Waals surface area contributed by atoms with E-state index in [0.29, 0.717) is 11.8 Å². The quantitative estimate of drug-likeness (QED) is 0.874. The predicted octanol–water partition coefficient (Wildman–Crippen LogP) is 4.44. The van der Waals surface area contributed by atoms with Gasteiger partial charge in [0.25, 0.3) is 0 Å². The fraction of sp³-hybridized carbons (Fsp3) is 0.353. The van der Waals surface area contributed by atoms with Crippen LogP contribution in [0.3, 0.4) is 0 Å². The number of ether oxygens (including phenoxy) is 1. The summed E-state index contributed by atoms with van der Waals surface area (Å²) in [5.74, 6) is 1.87. The number of benzene rings is 1. The lowest BCUT2D eigenvalue weighted by Crippen LogP contribution is -1.94. The molecule has 0 bridgehead atoms. The molecule has 0 saturated heterocycles.